The highest BCUT2D eigenvalue weighted by Crippen LogP contribution is 2.23. The zero-order valence-electron chi connectivity index (χ0n) is 13.7. The second-order valence-corrected chi connectivity index (χ2v) is 6.51. The van der Waals surface area contributed by atoms with Gasteiger partial charge in [0, 0.05) is 23.5 Å². The van der Waals surface area contributed by atoms with Crippen molar-refractivity contribution >= 4 is 21.9 Å². The highest BCUT2D eigenvalue weighted by Gasteiger charge is 2.12. The van der Waals surface area contributed by atoms with Crippen LogP contribution in [0.4, 0.5) is 0 Å². The molecule has 2 aromatic carbocycles. The smallest absolute Gasteiger partial charge is 0.303 e. The van der Waals surface area contributed by atoms with Gasteiger partial charge in [0.1, 0.15) is 5.75 Å². The minimum atomic E-state index is -0.763. The Bertz CT molecular complexity index is 661. The Hall–Kier alpha value is -1.85. The molecule has 0 radical (unpaired) electrons. The summed E-state index contributed by atoms with van der Waals surface area (Å²) in [6.45, 7) is 0.668. The number of aliphatic carboxylic acids is 1. The van der Waals surface area contributed by atoms with Crippen LogP contribution in [-0.2, 0) is 17.8 Å². The van der Waals surface area contributed by atoms with Gasteiger partial charge in [0.2, 0.25) is 0 Å². The summed E-state index contributed by atoms with van der Waals surface area (Å²) in [5.41, 5.74) is 2.32. The van der Waals surface area contributed by atoms with E-state index < -0.39 is 5.97 Å². The summed E-state index contributed by atoms with van der Waals surface area (Å²) >= 11 is 3.55. The molecule has 2 N–H and O–H groups in total. The van der Waals surface area contributed by atoms with E-state index in [9.17, 15) is 4.79 Å². The van der Waals surface area contributed by atoms with Crippen LogP contribution in [0.5, 0.6) is 5.75 Å². The summed E-state index contributed by atoms with van der Waals surface area (Å²) in [6, 6.07) is 16.1. The second-order valence-electron chi connectivity index (χ2n) is 5.66. The summed E-state index contributed by atoms with van der Waals surface area (Å²) in [4.78, 5) is 10.9. The molecule has 128 valence electrons. The molecular weight excluding hydrogens is 370 g/mol. The van der Waals surface area contributed by atoms with E-state index in [1.165, 1.54) is 5.56 Å². The zero-order valence-corrected chi connectivity index (χ0v) is 15.3. The first-order valence-electron chi connectivity index (χ1n) is 7.90. The number of carbonyl (C=O) groups is 1. The van der Waals surface area contributed by atoms with Gasteiger partial charge in [-0.15, -0.1) is 0 Å². The van der Waals surface area contributed by atoms with Crippen LogP contribution in [0.15, 0.2) is 53.0 Å². The highest BCUT2D eigenvalue weighted by molar-refractivity contribution is 9.10. The quantitative estimate of drug-likeness (QED) is 0.677. The fourth-order valence-corrected chi connectivity index (χ4v) is 3.02. The van der Waals surface area contributed by atoms with Crippen molar-refractivity contribution < 1.29 is 14.6 Å². The number of rotatable bonds is 9. The van der Waals surface area contributed by atoms with Crippen molar-refractivity contribution in [2.24, 2.45) is 0 Å². The molecule has 1 atom stereocenters. The number of nitrogens with one attached hydrogen (secondary N) is 1. The average Bonchev–Trinajstić information content (AvgIpc) is 2.58. The summed E-state index contributed by atoms with van der Waals surface area (Å²) in [6.07, 6.45) is 1.56. The van der Waals surface area contributed by atoms with Crippen LogP contribution in [0, 0.1) is 0 Å². The third-order valence-electron chi connectivity index (χ3n) is 3.87. The van der Waals surface area contributed by atoms with Gasteiger partial charge in [0.05, 0.1) is 7.11 Å². The van der Waals surface area contributed by atoms with Crippen LogP contribution in [0.1, 0.15) is 24.0 Å². The number of halogens is 1. The molecule has 2 aromatic rings. The maximum Gasteiger partial charge on any atom is 0.303 e. The van der Waals surface area contributed by atoms with Gasteiger partial charge in [-0.25, -0.2) is 0 Å². The van der Waals surface area contributed by atoms with Crippen molar-refractivity contribution in [2.75, 3.05) is 7.11 Å². The minimum absolute atomic E-state index is 0.109. The van der Waals surface area contributed by atoms with Crippen molar-refractivity contribution in [3.05, 3.63) is 64.1 Å². The standard InChI is InChI=1S/C19H22BrNO3/c1-24-17-9-7-15(18(20)12-17)13-21-16(8-10-19(22)23)11-14-5-3-2-4-6-14/h2-7,9,12,16,21H,8,10-11,13H2,1H3,(H,22,23). The van der Waals surface area contributed by atoms with Crippen molar-refractivity contribution in [1.29, 1.82) is 0 Å². The molecule has 0 amide bonds. The van der Waals surface area contributed by atoms with E-state index in [1.54, 1.807) is 7.11 Å². The van der Waals surface area contributed by atoms with Gasteiger partial charge in [-0.2, -0.15) is 0 Å². The molecular formula is C19H22BrNO3. The molecule has 1 unspecified atom stereocenters. The van der Waals surface area contributed by atoms with Gasteiger partial charge in [0.15, 0.2) is 0 Å². The van der Waals surface area contributed by atoms with Crippen molar-refractivity contribution in [1.82, 2.24) is 5.32 Å². The Morgan fingerprint density at radius 1 is 1.25 bits per heavy atom. The summed E-state index contributed by atoms with van der Waals surface area (Å²) in [7, 11) is 1.64. The van der Waals surface area contributed by atoms with E-state index in [0.29, 0.717) is 13.0 Å². The number of benzene rings is 2. The van der Waals surface area contributed by atoms with E-state index >= 15 is 0 Å². The lowest BCUT2D eigenvalue weighted by Crippen LogP contribution is -2.31. The zero-order chi connectivity index (χ0) is 17.4. The summed E-state index contributed by atoms with van der Waals surface area (Å²) in [5, 5.41) is 12.5. The molecule has 0 fully saturated rings. The fraction of sp³-hybridized carbons (Fsp3) is 0.316. The summed E-state index contributed by atoms with van der Waals surface area (Å²) < 4.78 is 6.18. The molecule has 4 nitrogen and oxygen atoms in total. The number of methoxy groups -OCH3 is 1. The van der Waals surface area contributed by atoms with Gasteiger partial charge >= 0.3 is 5.97 Å². The first-order chi connectivity index (χ1) is 11.6. The van der Waals surface area contributed by atoms with Crippen molar-refractivity contribution in [3.8, 4) is 5.75 Å². The highest BCUT2D eigenvalue weighted by atomic mass is 79.9. The van der Waals surface area contributed by atoms with Crippen LogP contribution >= 0.6 is 15.9 Å². The molecule has 2 rings (SSSR count). The largest absolute Gasteiger partial charge is 0.497 e. The van der Waals surface area contributed by atoms with E-state index in [-0.39, 0.29) is 12.5 Å². The van der Waals surface area contributed by atoms with E-state index in [4.69, 9.17) is 9.84 Å². The molecule has 0 aliphatic heterocycles. The molecule has 0 saturated carbocycles. The number of ether oxygens (including phenoxy) is 1. The van der Waals surface area contributed by atoms with Gasteiger partial charge in [0.25, 0.3) is 0 Å². The molecule has 0 spiro atoms. The monoisotopic (exact) mass is 391 g/mol. The minimum Gasteiger partial charge on any atom is -0.497 e. The van der Waals surface area contributed by atoms with E-state index in [2.05, 4.69) is 33.4 Å². The van der Waals surface area contributed by atoms with Gasteiger partial charge in [-0.05, 0) is 36.1 Å². The lowest BCUT2D eigenvalue weighted by Gasteiger charge is -2.19. The van der Waals surface area contributed by atoms with Crippen molar-refractivity contribution in [2.45, 2.75) is 31.8 Å². The van der Waals surface area contributed by atoms with Crippen LogP contribution < -0.4 is 10.1 Å². The van der Waals surface area contributed by atoms with Crippen molar-refractivity contribution in [3.63, 3.8) is 0 Å². The molecule has 0 aliphatic rings. The van der Waals surface area contributed by atoms with Crippen LogP contribution in [0.3, 0.4) is 0 Å². The predicted molar refractivity (Wildman–Crippen MR) is 98.3 cm³/mol. The topological polar surface area (TPSA) is 58.6 Å². The lowest BCUT2D eigenvalue weighted by atomic mass is 10.0. The number of carboxylic acid groups (broad SMARTS) is 1. The van der Waals surface area contributed by atoms with Crippen LogP contribution in [0.2, 0.25) is 0 Å². The van der Waals surface area contributed by atoms with Crippen LogP contribution in [-0.4, -0.2) is 24.2 Å². The number of hydrogen-bond donors (Lipinski definition) is 2. The SMILES string of the molecule is COc1ccc(CNC(CCC(=O)O)Cc2ccccc2)c(Br)c1. The lowest BCUT2D eigenvalue weighted by molar-refractivity contribution is -0.137. The third kappa shape index (κ3) is 5.98. The Labute approximate surface area is 151 Å². The normalized spacial score (nSPS) is 11.9. The van der Waals surface area contributed by atoms with Gasteiger partial charge in [-0.3, -0.25) is 4.79 Å². The molecule has 0 aromatic heterocycles. The molecule has 0 bridgehead atoms. The predicted octanol–water partition coefficient (Wildman–Crippen LogP) is 4.02. The maximum absolute atomic E-state index is 10.9. The Kier molecular flexibility index (Phi) is 7.28. The second kappa shape index (κ2) is 9.45. The third-order valence-corrected chi connectivity index (χ3v) is 4.61. The molecule has 24 heavy (non-hydrogen) atoms. The average molecular weight is 392 g/mol. The fourth-order valence-electron chi connectivity index (χ4n) is 2.53. The summed E-state index contributed by atoms with van der Waals surface area (Å²) in [5.74, 6) is 0.0397. The van der Waals surface area contributed by atoms with Crippen LogP contribution in [0.25, 0.3) is 0 Å². The maximum atomic E-state index is 10.9. The van der Waals surface area contributed by atoms with Gasteiger partial charge in [-0.1, -0.05) is 52.3 Å². The molecule has 0 aliphatic carbocycles. The van der Waals surface area contributed by atoms with Gasteiger partial charge < -0.3 is 15.2 Å². The first-order valence-corrected chi connectivity index (χ1v) is 8.69. The molecule has 0 saturated heterocycles. The van der Waals surface area contributed by atoms with E-state index in [0.717, 1.165) is 22.2 Å². The van der Waals surface area contributed by atoms with E-state index in [1.807, 2.05) is 36.4 Å². The Balaban J connectivity index is 2.00. The number of hydrogen-bond acceptors (Lipinski definition) is 3. The first kappa shape index (κ1) is 18.5. The molecule has 5 heteroatoms. The Morgan fingerprint density at radius 3 is 2.62 bits per heavy atom. The molecule has 0 heterocycles. The number of carboxylic acids is 1. The Morgan fingerprint density at radius 2 is 2.00 bits per heavy atom.